The van der Waals surface area contributed by atoms with Gasteiger partial charge in [-0.15, -0.1) is 0 Å². The number of benzene rings is 1. The Labute approximate surface area is 110 Å². The minimum atomic E-state index is 0.816. The molecule has 0 spiro atoms. The van der Waals surface area contributed by atoms with E-state index in [0.717, 1.165) is 27.5 Å². The maximum atomic E-state index is 4.61. The minimum absolute atomic E-state index is 0.816. The molecule has 0 amide bonds. The van der Waals surface area contributed by atoms with Gasteiger partial charge in [0, 0.05) is 17.8 Å². The van der Waals surface area contributed by atoms with Crippen LogP contribution in [0.2, 0.25) is 0 Å². The normalized spacial score (nSPS) is 11.7. The van der Waals surface area contributed by atoms with E-state index in [9.17, 15) is 0 Å². The van der Waals surface area contributed by atoms with Crippen molar-refractivity contribution in [3.63, 3.8) is 0 Å². The fourth-order valence-corrected chi connectivity index (χ4v) is 1.84. The van der Waals surface area contributed by atoms with Crippen LogP contribution < -0.4 is 5.36 Å². The van der Waals surface area contributed by atoms with E-state index in [1.54, 1.807) is 18.6 Å². The number of hydrogen-bond donors (Lipinski definition) is 1. The second kappa shape index (κ2) is 4.86. The molecule has 0 radical (unpaired) electrons. The molecule has 1 aromatic carbocycles. The van der Waals surface area contributed by atoms with Gasteiger partial charge < -0.3 is 0 Å². The summed E-state index contributed by atoms with van der Waals surface area (Å²) < 4.78 is 0. The fourth-order valence-electron chi connectivity index (χ4n) is 1.84. The lowest BCUT2D eigenvalue weighted by molar-refractivity contribution is 1.11. The molecule has 0 bridgehead atoms. The Morgan fingerprint density at radius 3 is 2.74 bits per heavy atom. The zero-order chi connectivity index (χ0) is 13.1. The largest absolute Gasteiger partial charge is 0.276 e. The van der Waals surface area contributed by atoms with Crippen LogP contribution in [-0.2, 0) is 0 Å². The number of H-pyrrole nitrogens is 1. The quantitative estimate of drug-likeness (QED) is 0.758. The van der Waals surface area contributed by atoms with Gasteiger partial charge >= 0.3 is 0 Å². The Bertz CT molecular complexity index is 785. The van der Waals surface area contributed by atoms with Crippen LogP contribution in [0.1, 0.15) is 5.56 Å². The molecular weight excluding hydrogens is 236 g/mol. The van der Waals surface area contributed by atoms with Gasteiger partial charge in [-0.25, -0.2) is 4.99 Å². The van der Waals surface area contributed by atoms with Gasteiger partial charge in [0.05, 0.1) is 22.8 Å². The Kier molecular flexibility index (Phi) is 2.90. The first-order valence-electron chi connectivity index (χ1n) is 5.91. The number of nitrogens with one attached hydrogen (secondary N) is 1. The van der Waals surface area contributed by atoms with E-state index in [1.165, 1.54) is 0 Å². The Morgan fingerprint density at radius 1 is 1.11 bits per heavy atom. The van der Waals surface area contributed by atoms with Gasteiger partial charge in [-0.05, 0) is 23.8 Å². The van der Waals surface area contributed by atoms with E-state index in [1.807, 2.05) is 36.4 Å². The second-order valence-electron chi connectivity index (χ2n) is 4.09. The molecule has 2 heterocycles. The van der Waals surface area contributed by atoms with E-state index in [4.69, 9.17) is 0 Å². The smallest absolute Gasteiger partial charge is 0.0923 e. The van der Waals surface area contributed by atoms with Crippen LogP contribution in [0, 0.1) is 0 Å². The standard InChI is InChI=1S/C15H12N4/c1-2-11-3-5-13(6-4-11)18-14-7-8-16-9-12-10-17-19-15(12)14/h2-10H,1H2,(H,17,19). The summed E-state index contributed by atoms with van der Waals surface area (Å²) in [5.41, 5.74) is 2.84. The molecule has 1 N–H and O–H groups in total. The zero-order valence-corrected chi connectivity index (χ0v) is 10.2. The van der Waals surface area contributed by atoms with Crippen molar-refractivity contribution in [3.8, 4) is 0 Å². The molecule has 2 aromatic heterocycles. The van der Waals surface area contributed by atoms with Gasteiger partial charge in [0.1, 0.15) is 0 Å². The first kappa shape index (κ1) is 11.3. The summed E-state index contributed by atoms with van der Waals surface area (Å²) in [7, 11) is 0. The third kappa shape index (κ3) is 2.28. The van der Waals surface area contributed by atoms with Crippen LogP contribution in [0.3, 0.4) is 0 Å². The van der Waals surface area contributed by atoms with Gasteiger partial charge in [0.15, 0.2) is 0 Å². The topological polar surface area (TPSA) is 53.9 Å². The highest BCUT2D eigenvalue weighted by atomic mass is 15.1. The second-order valence-corrected chi connectivity index (χ2v) is 4.09. The van der Waals surface area contributed by atoms with Crippen LogP contribution in [0.15, 0.2) is 60.5 Å². The predicted octanol–water partition coefficient (Wildman–Crippen LogP) is 2.83. The summed E-state index contributed by atoms with van der Waals surface area (Å²) in [6.07, 6.45) is 7.04. The fraction of sp³-hybridized carbons (Fsp3) is 0. The van der Waals surface area contributed by atoms with Crippen LogP contribution in [0.5, 0.6) is 0 Å². The molecule has 4 nitrogen and oxygen atoms in total. The number of fused-ring (bicyclic) bond motifs is 1. The van der Waals surface area contributed by atoms with Crippen LogP contribution in [-0.4, -0.2) is 15.2 Å². The Morgan fingerprint density at radius 2 is 1.95 bits per heavy atom. The molecule has 19 heavy (non-hydrogen) atoms. The van der Waals surface area contributed by atoms with Crippen molar-refractivity contribution in [2.75, 3.05) is 0 Å². The summed E-state index contributed by atoms with van der Waals surface area (Å²) in [4.78, 5) is 8.76. The van der Waals surface area contributed by atoms with Crippen LogP contribution >= 0.6 is 0 Å². The van der Waals surface area contributed by atoms with Crippen molar-refractivity contribution in [1.29, 1.82) is 0 Å². The highest BCUT2D eigenvalue weighted by molar-refractivity contribution is 5.75. The number of nitrogens with zero attached hydrogens (tertiary/aromatic N) is 3. The van der Waals surface area contributed by atoms with Gasteiger partial charge in [-0.3, -0.25) is 10.1 Å². The number of aromatic nitrogens is 3. The molecule has 0 atom stereocenters. The van der Waals surface area contributed by atoms with Crippen molar-refractivity contribution in [3.05, 3.63) is 66.4 Å². The molecular formula is C15H12N4. The van der Waals surface area contributed by atoms with E-state index in [-0.39, 0.29) is 0 Å². The van der Waals surface area contributed by atoms with Crippen LogP contribution in [0.25, 0.3) is 17.0 Å². The molecule has 4 heteroatoms. The molecule has 0 aliphatic heterocycles. The van der Waals surface area contributed by atoms with Crippen molar-refractivity contribution in [2.45, 2.75) is 0 Å². The maximum absolute atomic E-state index is 4.61. The molecule has 92 valence electrons. The summed E-state index contributed by atoms with van der Waals surface area (Å²) in [5.74, 6) is 0. The highest BCUT2D eigenvalue weighted by Crippen LogP contribution is 2.13. The summed E-state index contributed by atoms with van der Waals surface area (Å²) in [6, 6.07) is 9.75. The first-order valence-corrected chi connectivity index (χ1v) is 5.91. The Balaban J connectivity index is 2.20. The third-order valence-corrected chi connectivity index (χ3v) is 2.84. The van der Waals surface area contributed by atoms with Crippen molar-refractivity contribution < 1.29 is 0 Å². The van der Waals surface area contributed by atoms with E-state index in [2.05, 4.69) is 26.8 Å². The number of aromatic amines is 1. The van der Waals surface area contributed by atoms with Crippen molar-refractivity contribution in [2.24, 2.45) is 4.99 Å². The van der Waals surface area contributed by atoms with Crippen molar-refractivity contribution in [1.82, 2.24) is 15.2 Å². The lowest BCUT2D eigenvalue weighted by Gasteiger charge is -1.94. The summed E-state index contributed by atoms with van der Waals surface area (Å²) in [6.45, 7) is 3.73. The average molecular weight is 248 g/mol. The van der Waals surface area contributed by atoms with Gasteiger partial charge in [0.2, 0.25) is 0 Å². The van der Waals surface area contributed by atoms with Crippen LogP contribution in [0.4, 0.5) is 5.69 Å². The zero-order valence-electron chi connectivity index (χ0n) is 10.2. The van der Waals surface area contributed by atoms with Gasteiger partial charge in [-0.2, -0.15) is 5.10 Å². The first-order chi connectivity index (χ1) is 9.36. The lowest BCUT2D eigenvalue weighted by Crippen LogP contribution is -1.98. The number of hydrogen-bond acceptors (Lipinski definition) is 3. The van der Waals surface area contributed by atoms with Gasteiger partial charge in [-0.1, -0.05) is 24.8 Å². The van der Waals surface area contributed by atoms with Crippen molar-refractivity contribution >= 4 is 22.7 Å². The lowest BCUT2D eigenvalue weighted by atomic mass is 10.2. The molecule has 3 rings (SSSR count). The van der Waals surface area contributed by atoms with Gasteiger partial charge in [0.25, 0.3) is 0 Å². The SMILES string of the molecule is C=Cc1ccc(N=c2ccncc3cn[nH]c23)cc1. The molecule has 0 fully saturated rings. The highest BCUT2D eigenvalue weighted by Gasteiger charge is 1.96. The molecule has 0 aliphatic carbocycles. The predicted molar refractivity (Wildman–Crippen MR) is 75.6 cm³/mol. The molecule has 0 unspecified atom stereocenters. The summed E-state index contributed by atoms with van der Waals surface area (Å²) >= 11 is 0. The monoisotopic (exact) mass is 248 g/mol. The third-order valence-electron chi connectivity index (χ3n) is 2.84. The summed E-state index contributed by atoms with van der Waals surface area (Å²) in [5, 5.41) is 8.72. The minimum Gasteiger partial charge on any atom is -0.276 e. The molecule has 0 saturated heterocycles. The molecule has 0 saturated carbocycles. The Hall–Kier alpha value is -2.75. The molecule has 0 aliphatic rings. The molecule has 3 aromatic rings. The van der Waals surface area contributed by atoms with E-state index in [0.29, 0.717) is 0 Å². The maximum Gasteiger partial charge on any atom is 0.0923 e. The average Bonchev–Trinajstić information content (AvgIpc) is 2.84. The van der Waals surface area contributed by atoms with E-state index >= 15 is 0 Å². The van der Waals surface area contributed by atoms with E-state index < -0.39 is 0 Å². The number of rotatable bonds is 2.